The van der Waals surface area contributed by atoms with E-state index >= 15 is 0 Å². The van der Waals surface area contributed by atoms with Gasteiger partial charge in [0, 0.05) is 47.7 Å². The molecule has 1 aromatic rings. The Balaban J connectivity index is 2.36. The smallest absolute Gasteiger partial charge is 0.0641 e. The highest BCUT2D eigenvalue weighted by Crippen LogP contribution is 2.19. The Hall–Kier alpha value is 0.190. The minimum atomic E-state index is 0.721. The second kappa shape index (κ2) is 15.4. The first kappa shape index (κ1) is 22.2. The average molecular weight is 486 g/mol. The Morgan fingerprint density at radius 2 is 1.42 bits per heavy atom. The van der Waals surface area contributed by atoms with Crippen molar-refractivity contribution in [1.29, 1.82) is 0 Å². The van der Waals surface area contributed by atoms with Gasteiger partial charge in [-0.2, -0.15) is 0 Å². The van der Waals surface area contributed by atoms with E-state index in [9.17, 15) is 0 Å². The third kappa shape index (κ3) is 10.9. The van der Waals surface area contributed by atoms with Crippen molar-refractivity contribution in [3.63, 3.8) is 0 Å². The van der Waals surface area contributed by atoms with Gasteiger partial charge in [-0.1, -0.05) is 49.5 Å². The fourth-order valence-electron chi connectivity index (χ4n) is 2.19. The molecule has 0 aliphatic heterocycles. The van der Waals surface area contributed by atoms with Crippen LogP contribution in [-0.4, -0.2) is 50.2 Å². The first-order valence-corrected chi connectivity index (χ1v) is 11.2. The summed E-state index contributed by atoms with van der Waals surface area (Å²) in [5.74, 6) is 0. The maximum Gasteiger partial charge on any atom is 0.0641 e. The molecule has 1 aromatic carbocycles. The molecule has 0 saturated carbocycles. The third-order valence-electron chi connectivity index (χ3n) is 3.53. The van der Waals surface area contributed by atoms with Crippen LogP contribution in [0.2, 0.25) is 5.02 Å². The number of unbranched alkanes of at least 4 members (excludes halogenated alkanes) is 2. The zero-order valence-corrected chi connectivity index (χ0v) is 18.1. The van der Waals surface area contributed by atoms with Crippen molar-refractivity contribution in [3.05, 3.63) is 29.3 Å². The predicted octanol–water partition coefficient (Wildman–Crippen LogP) is 5.53. The summed E-state index contributed by atoms with van der Waals surface area (Å²) in [7, 11) is 0. The lowest BCUT2D eigenvalue weighted by Crippen LogP contribution is -2.31. The zero-order chi connectivity index (χ0) is 17.5. The van der Waals surface area contributed by atoms with Crippen LogP contribution >= 0.6 is 43.5 Å². The van der Waals surface area contributed by atoms with Crippen LogP contribution in [0.3, 0.4) is 0 Å². The van der Waals surface area contributed by atoms with E-state index in [2.05, 4.69) is 42.8 Å². The van der Waals surface area contributed by atoms with E-state index in [1.54, 1.807) is 0 Å². The summed E-state index contributed by atoms with van der Waals surface area (Å²) < 4.78 is 11.5. The Bertz CT molecular complexity index is 408. The van der Waals surface area contributed by atoms with Crippen LogP contribution in [0.25, 0.3) is 0 Å². The minimum absolute atomic E-state index is 0.721. The van der Waals surface area contributed by atoms with Gasteiger partial charge in [-0.3, -0.25) is 0 Å². The second-order valence-corrected chi connectivity index (χ2v) is 7.51. The van der Waals surface area contributed by atoms with Gasteiger partial charge in [0.05, 0.1) is 13.2 Å². The molecule has 0 aliphatic carbocycles. The lowest BCUT2D eigenvalue weighted by atomic mass is 10.3. The molecule has 1 rings (SSSR count). The van der Waals surface area contributed by atoms with Crippen molar-refractivity contribution >= 4 is 49.1 Å². The van der Waals surface area contributed by atoms with Crippen molar-refractivity contribution in [2.45, 2.75) is 25.7 Å². The van der Waals surface area contributed by atoms with E-state index in [1.165, 1.54) is 0 Å². The Morgan fingerprint density at radius 3 is 1.92 bits per heavy atom. The van der Waals surface area contributed by atoms with Crippen molar-refractivity contribution in [3.8, 4) is 0 Å². The number of rotatable bonds is 15. The number of ether oxygens (including phenoxy) is 2. The first-order valence-electron chi connectivity index (χ1n) is 8.56. The van der Waals surface area contributed by atoms with E-state index in [4.69, 9.17) is 21.1 Å². The number of halogens is 3. The van der Waals surface area contributed by atoms with Gasteiger partial charge < -0.3 is 14.4 Å². The molecule has 0 atom stereocenters. The van der Waals surface area contributed by atoms with Crippen LogP contribution in [0, 0.1) is 0 Å². The molecule has 0 bridgehead atoms. The molecular weight excluding hydrogens is 457 g/mol. The number of benzene rings is 1. The molecule has 0 aromatic heterocycles. The Kier molecular flexibility index (Phi) is 14.3. The minimum Gasteiger partial charge on any atom is -0.380 e. The van der Waals surface area contributed by atoms with Crippen molar-refractivity contribution in [1.82, 2.24) is 0 Å². The highest BCUT2D eigenvalue weighted by molar-refractivity contribution is 9.09. The van der Waals surface area contributed by atoms with Gasteiger partial charge in [-0.05, 0) is 43.9 Å². The number of alkyl halides is 2. The molecule has 0 fully saturated rings. The summed E-state index contributed by atoms with van der Waals surface area (Å²) in [5.41, 5.74) is 1.12. The normalized spacial score (nSPS) is 11.0. The van der Waals surface area contributed by atoms with Gasteiger partial charge in [-0.15, -0.1) is 0 Å². The average Bonchev–Trinajstić information content (AvgIpc) is 2.59. The first-order chi connectivity index (χ1) is 11.8. The predicted molar refractivity (Wildman–Crippen MR) is 111 cm³/mol. The second-order valence-electron chi connectivity index (χ2n) is 5.48. The quantitative estimate of drug-likeness (QED) is 0.241. The molecule has 0 radical (unpaired) electrons. The molecule has 0 aliphatic rings. The lowest BCUT2D eigenvalue weighted by molar-refractivity contribution is 0.126. The van der Waals surface area contributed by atoms with Crippen LogP contribution < -0.4 is 4.90 Å². The summed E-state index contributed by atoms with van der Waals surface area (Å²) >= 11 is 13.0. The Morgan fingerprint density at radius 1 is 0.833 bits per heavy atom. The highest BCUT2D eigenvalue weighted by atomic mass is 79.9. The van der Waals surface area contributed by atoms with E-state index < -0.39 is 0 Å². The standard InChI is InChI=1S/C18H28Br2ClNO2/c19-8-1-3-12-23-14-10-22(11-15-24-13-4-2-9-20)18-7-5-6-17(21)16-18/h5-7,16H,1-4,8-15H2. The van der Waals surface area contributed by atoms with E-state index in [1.807, 2.05) is 18.2 Å². The van der Waals surface area contributed by atoms with E-state index in [0.29, 0.717) is 0 Å². The molecule has 0 unspecified atom stereocenters. The summed E-state index contributed by atoms with van der Waals surface area (Å²) in [6.45, 7) is 4.77. The molecule has 0 amide bonds. The zero-order valence-electron chi connectivity index (χ0n) is 14.2. The molecule has 6 heteroatoms. The monoisotopic (exact) mass is 483 g/mol. The summed E-state index contributed by atoms with van der Waals surface area (Å²) in [5, 5.41) is 2.84. The molecule has 3 nitrogen and oxygen atoms in total. The van der Waals surface area contributed by atoms with Crippen LogP contribution in [0.4, 0.5) is 5.69 Å². The van der Waals surface area contributed by atoms with Crippen molar-refractivity contribution < 1.29 is 9.47 Å². The fraction of sp³-hybridized carbons (Fsp3) is 0.667. The molecule has 0 heterocycles. The van der Waals surface area contributed by atoms with Gasteiger partial charge in [0.25, 0.3) is 0 Å². The van der Waals surface area contributed by atoms with Crippen LogP contribution in [0.5, 0.6) is 0 Å². The van der Waals surface area contributed by atoms with Crippen molar-refractivity contribution in [2.75, 3.05) is 55.1 Å². The topological polar surface area (TPSA) is 21.7 Å². The molecule has 0 spiro atoms. The number of hydrogen-bond acceptors (Lipinski definition) is 3. The van der Waals surface area contributed by atoms with E-state index in [0.717, 1.165) is 86.6 Å². The number of hydrogen-bond donors (Lipinski definition) is 0. The molecule has 138 valence electrons. The summed E-state index contributed by atoms with van der Waals surface area (Å²) in [6.07, 6.45) is 4.50. The SMILES string of the molecule is Clc1cccc(N(CCOCCCCBr)CCOCCCCBr)c1. The highest BCUT2D eigenvalue weighted by Gasteiger charge is 2.07. The van der Waals surface area contributed by atoms with Crippen LogP contribution in [0.1, 0.15) is 25.7 Å². The fourth-order valence-corrected chi connectivity index (χ4v) is 3.17. The maximum absolute atomic E-state index is 6.13. The lowest BCUT2D eigenvalue weighted by Gasteiger charge is -2.25. The van der Waals surface area contributed by atoms with Gasteiger partial charge in [0.2, 0.25) is 0 Å². The van der Waals surface area contributed by atoms with Gasteiger partial charge >= 0.3 is 0 Å². The van der Waals surface area contributed by atoms with Crippen molar-refractivity contribution in [2.24, 2.45) is 0 Å². The molecule has 0 N–H and O–H groups in total. The third-order valence-corrected chi connectivity index (χ3v) is 4.89. The molecule has 24 heavy (non-hydrogen) atoms. The van der Waals surface area contributed by atoms with Crippen LogP contribution in [0.15, 0.2) is 24.3 Å². The molecule has 0 saturated heterocycles. The Labute approximate surface area is 168 Å². The summed E-state index contributed by atoms with van der Waals surface area (Å²) in [6, 6.07) is 7.97. The largest absolute Gasteiger partial charge is 0.380 e. The maximum atomic E-state index is 6.13. The number of nitrogens with zero attached hydrogens (tertiary/aromatic N) is 1. The van der Waals surface area contributed by atoms with E-state index in [-0.39, 0.29) is 0 Å². The summed E-state index contributed by atoms with van der Waals surface area (Å²) in [4.78, 5) is 2.28. The van der Waals surface area contributed by atoms with Gasteiger partial charge in [-0.25, -0.2) is 0 Å². The van der Waals surface area contributed by atoms with Gasteiger partial charge in [0.15, 0.2) is 0 Å². The number of anilines is 1. The van der Waals surface area contributed by atoms with Gasteiger partial charge in [0.1, 0.15) is 0 Å². The van der Waals surface area contributed by atoms with Crippen LogP contribution in [-0.2, 0) is 9.47 Å². The molecular formula is C18H28Br2ClNO2.